The van der Waals surface area contributed by atoms with Gasteiger partial charge in [0.15, 0.2) is 0 Å². The molecule has 0 saturated heterocycles. The summed E-state index contributed by atoms with van der Waals surface area (Å²) in [5.74, 6) is -0.827. The number of carbonyl (C=O) groups is 2. The molecule has 0 aliphatic heterocycles. The molecule has 214 valence electrons. The maximum atomic E-state index is 14.1. The number of nitrogens with one attached hydrogen (secondary N) is 1. The Balaban J connectivity index is 2.09. The van der Waals surface area contributed by atoms with Crippen molar-refractivity contribution in [2.45, 2.75) is 64.1 Å². The van der Waals surface area contributed by atoms with Gasteiger partial charge in [0.25, 0.3) is 10.0 Å². The summed E-state index contributed by atoms with van der Waals surface area (Å²) >= 11 is 12.5. The molecule has 0 radical (unpaired) electrons. The number of anilines is 1. The lowest BCUT2D eigenvalue weighted by Crippen LogP contribution is -2.53. The van der Waals surface area contributed by atoms with Gasteiger partial charge >= 0.3 is 0 Å². The second-order valence-electron chi connectivity index (χ2n) is 9.64. The van der Waals surface area contributed by atoms with Crippen molar-refractivity contribution >= 4 is 50.7 Å². The molecule has 3 aromatic carbocycles. The van der Waals surface area contributed by atoms with E-state index >= 15 is 0 Å². The number of hydrogen-bond acceptors (Lipinski definition) is 4. The SMILES string of the molecule is CC[C@@H](C)NC(=O)[C@@H](CC)N(Cc1ccccc1C)C(=O)CN(c1cc(Cl)cc(Cl)c1)S(=O)(=O)c1ccccc1. The first-order valence-electron chi connectivity index (χ1n) is 13.2. The molecule has 3 aromatic rings. The van der Waals surface area contributed by atoms with Crippen molar-refractivity contribution < 1.29 is 18.0 Å². The van der Waals surface area contributed by atoms with Crippen LogP contribution in [0.15, 0.2) is 77.7 Å². The molecule has 40 heavy (non-hydrogen) atoms. The van der Waals surface area contributed by atoms with Crippen LogP contribution in [0.1, 0.15) is 44.7 Å². The summed E-state index contributed by atoms with van der Waals surface area (Å²) in [6, 6.07) is 18.9. The van der Waals surface area contributed by atoms with Gasteiger partial charge < -0.3 is 10.2 Å². The number of benzene rings is 3. The van der Waals surface area contributed by atoms with Crippen LogP contribution in [0.25, 0.3) is 0 Å². The molecule has 1 N–H and O–H groups in total. The summed E-state index contributed by atoms with van der Waals surface area (Å²) in [6.07, 6.45) is 1.07. The van der Waals surface area contributed by atoms with E-state index in [1.165, 1.54) is 35.2 Å². The zero-order valence-electron chi connectivity index (χ0n) is 23.1. The fourth-order valence-corrected chi connectivity index (χ4v) is 6.20. The molecule has 10 heteroatoms. The highest BCUT2D eigenvalue weighted by atomic mass is 35.5. The van der Waals surface area contributed by atoms with Crippen molar-refractivity contribution in [3.05, 3.63) is 94.0 Å². The van der Waals surface area contributed by atoms with Crippen LogP contribution in [-0.4, -0.2) is 43.8 Å². The fraction of sp³-hybridized carbons (Fsp3) is 0.333. The quantitative estimate of drug-likeness (QED) is 0.266. The number of nitrogens with zero attached hydrogens (tertiary/aromatic N) is 2. The van der Waals surface area contributed by atoms with E-state index in [9.17, 15) is 18.0 Å². The van der Waals surface area contributed by atoms with E-state index in [-0.39, 0.29) is 39.1 Å². The average molecular weight is 605 g/mol. The van der Waals surface area contributed by atoms with Gasteiger partial charge in [-0.05, 0) is 68.1 Å². The zero-order valence-corrected chi connectivity index (χ0v) is 25.4. The summed E-state index contributed by atoms with van der Waals surface area (Å²) in [7, 11) is -4.20. The first-order valence-corrected chi connectivity index (χ1v) is 15.4. The van der Waals surface area contributed by atoms with E-state index in [0.717, 1.165) is 21.9 Å². The summed E-state index contributed by atoms with van der Waals surface area (Å²) in [6.45, 7) is 7.19. The molecule has 0 aliphatic carbocycles. The van der Waals surface area contributed by atoms with Gasteiger partial charge in [-0.1, -0.05) is 79.5 Å². The first kappa shape index (κ1) is 31.5. The van der Waals surface area contributed by atoms with Crippen molar-refractivity contribution in [1.82, 2.24) is 10.2 Å². The van der Waals surface area contributed by atoms with Crippen molar-refractivity contribution in [1.29, 1.82) is 0 Å². The molecule has 0 spiro atoms. The van der Waals surface area contributed by atoms with E-state index in [1.807, 2.05) is 52.0 Å². The predicted molar refractivity (Wildman–Crippen MR) is 161 cm³/mol. The van der Waals surface area contributed by atoms with Crippen LogP contribution >= 0.6 is 23.2 Å². The predicted octanol–water partition coefficient (Wildman–Crippen LogP) is 6.22. The molecule has 0 saturated carbocycles. The molecule has 0 aromatic heterocycles. The van der Waals surface area contributed by atoms with Gasteiger partial charge in [0.05, 0.1) is 10.6 Å². The summed E-state index contributed by atoms with van der Waals surface area (Å²) < 4.78 is 28.7. The molecule has 2 amide bonds. The average Bonchev–Trinajstić information content (AvgIpc) is 2.92. The first-order chi connectivity index (χ1) is 19.0. The van der Waals surface area contributed by atoms with Crippen LogP contribution in [0, 0.1) is 6.92 Å². The summed E-state index contributed by atoms with van der Waals surface area (Å²) in [5.41, 5.74) is 1.95. The van der Waals surface area contributed by atoms with E-state index in [1.54, 1.807) is 18.2 Å². The fourth-order valence-electron chi connectivity index (χ4n) is 4.26. The Morgan fingerprint density at radius 1 is 0.900 bits per heavy atom. The van der Waals surface area contributed by atoms with Gasteiger partial charge in [-0.25, -0.2) is 8.42 Å². The molecule has 7 nitrogen and oxygen atoms in total. The Labute approximate surface area is 247 Å². The molecule has 3 rings (SSSR count). The van der Waals surface area contributed by atoms with Gasteiger partial charge in [0.2, 0.25) is 11.8 Å². The van der Waals surface area contributed by atoms with Crippen molar-refractivity contribution in [3.63, 3.8) is 0 Å². The zero-order chi connectivity index (χ0) is 29.4. The van der Waals surface area contributed by atoms with Crippen LogP contribution in [0.3, 0.4) is 0 Å². The minimum Gasteiger partial charge on any atom is -0.352 e. The van der Waals surface area contributed by atoms with Gasteiger partial charge in [-0.3, -0.25) is 13.9 Å². The lowest BCUT2D eigenvalue weighted by Gasteiger charge is -2.34. The number of carbonyl (C=O) groups excluding carboxylic acids is 2. The monoisotopic (exact) mass is 603 g/mol. The molecule has 0 unspecified atom stereocenters. The normalized spacial score (nSPS) is 12.8. The highest BCUT2D eigenvalue weighted by Crippen LogP contribution is 2.30. The largest absolute Gasteiger partial charge is 0.352 e. The lowest BCUT2D eigenvalue weighted by atomic mass is 10.1. The molecule has 0 heterocycles. The summed E-state index contributed by atoms with van der Waals surface area (Å²) in [5, 5.41) is 3.42. The minimum absolute atomic E-state index is 0.00547. The number of rotatable bonds is 12. The standard InChI is InChI=1S/C30H35Cl2N3O4S/c1-5-22(4)33-30(37)28(6-2)34(19-23-13-11-10-12-21(23)3)29(36)20-35(26-17-24(31)16-25(32)18-26)40(38,39)27-14-8-7-9-15-27/h7-18,22,28H,5-6,19-20H2,1-4H3,(H,33,37)/t22-,28-/m1/s1. The number of sulfonamides is 1. The van der Waals surface area contributed by atoms with Crippen LogP contribution < -0.4 is 9.62 Å². The van der Waals surface area contributed by atoms with Gasteiger partial charge in [-0.2, -0.15) is 0 Å². The molecule has 0 bridgehead atoms. The maximum Gasteiger partial charge on any atom is 0.264 e. The number of aryl methyl sites for hydroxylation is 1. The topological polar surface area (TPSA) is 86.8 Å². The van der Waals surface area contributed by atoms with Crippen molar-refractivity contribution in [2.75, 3.05) is 10.8 Å². The molecule has 0 aliphatic rings. The van der Waals surface area contributed by atoms with Gasteiger partial charge in [-0.15, -0.1) is 0 Å². The Hall–Kier alpha value is -3.07. The van der Waals surface area contributed by atoms with Gasteiger partial charge in [0, 0.05) is 22.6 Å². The number of hydrogen-bond donors (Lipinski definition) is 1. The second-order valence-corrected chi connectivity index (χ2v) is 12.4. The van der Waals surface area contributed by atoms with E-state index in [4.69, 9.17) is 23.2 Å². The van der Waals surface area contributed by atoms with Crippen molar-refractivity contribution in [3.8, 4) is 0 Å². The lowest BCUT2D eigenvalue weighted by molar-refractivity contribution is -0.140. The van der Waals surface area contributed by atoms with E-state index in [2.05, 4.69) is 5.32 Å². The van der Waals surface area contributed by atoms with Crippen molar-refractivity contribution in [2.24, 2.45) is 0 Å². The minimum atomic E-state index is -4.20. The number of amides is 2. The summed E-state index contributed by atoms with van der Waals surface area (Å²) in [4.78, 5) is 28.9. The van der Waals surface area contributed by atoms with Crippen LogP contribution in [0.2, 0.25) is 10.0 Å². The Bertz CT molecular complexity index is 1410. The smallest absolute Gasteiger partial charge is 0.264 e. The van der Waals surface area contributed by atoms with Crippen LogP contribution in [0.4, 0.5) is 5.69 Å². The second kappa shape index (κ2) is 14.0. The number of halogens is 2. The molecular formula is C30H35Cl2N3O4S. The third-order valence-corrected chi connectivity index (χ3v) is 8.96. The Kier molecular flexibility index (Phi) is 11.0. The Morgan fingerprint density at radius 2 is 1.50 bits per heavy atom. The molecule has 2 atom stereocenters. The van der Waals surface area contributed by atoms with Crippen LogP contribution in [0.5, 0.6) is 0 Å². The molecule has 0 fully saturated rings. The van der Waals surface area contributed by atoms with Crippen LogP contribution in [-0.2, 0) is 26.2 Å². The molecular weight excluding hydrogens is 569 g/mol. The maximum absolute atomic E-state index is 14.1. The third kappa shape index (κ3) is 7.77. The highest BCUT2D eigenvalue weighted by molar-refractivity contribution is 7.92. The third-order valence-electron chi connectivity index (χ3n) is 6.73. The Morgan fingerprint density at radius 3 is 2.08 bits per heavy atom. The van der Waals surface area contributed by atoms with E-state index in [0.29, 0.717) is 6.42 Å². The van der Waals surface area contributed by atoms with Gasteiger partial charge in [0.1, 0.15) is 12.6 Å². The van der Waals surface area contributed by atoms with E-state index < -0.39 is 28.5 Å². The highest BCUT2D eigenvalue weighted by Gasteiger charge is 2.34.